The smallest absolute Gasteiger partial charge is 0.339 e. The number of nitrogens with one attached hydrogen (secondary N) is 1. The molecule has 0 radical (unpaired) electrons. The van der Waals surface area contributed by atoms with Crippen LogP contribution in [0.4, 0.5) is 0 Å². The van der Waals surface area contributed by atoms with Gasteiger partial charge < -0.3 is 19.2 Å². The first-order valence-corrected chi connectivity index (χ1v) is 11.0. The monoisotopic (exact) mass is 427 g/mol. The third kappa shape index (κ3) is 4.45. The molecule has 7 heteroatoms. The van der Waals surface area contributed by atoms with Crippen LogP contribution < -0.4 is 15.7 Å². The lowest BCUT2D eigenvalue weighted by Crippen LogP contribution is -2.41. The van der Waals surface area contributed by atoms with Gasteiger partial charge >= 0.3 is 11.6 Å². The molecule has 166 valence electrons. The molecule has 1 spiro atoms. The molecule has 1 fully saturated rings. The summed E-state index contributed by atoms with van der Waals surface area (Å²) in [6.07, 6.45) is 8.16. The highest BCUT2D eigenvalue weighted by Crippen LogP contribution is 2.43. The molecule has 1 aliphatic heterocycles. The van der Waals surface area contributed by atoms with Crippen molar-refractivity contribution in [2.75, 3.05) is 13.7 Å². The molecule has 1 amide bonds. The van der Waals surface area contributed by atoms with Gasteiger partial charge in [0.2, 0.25) is 5.91 Å². The molecule has 0 atom stereocenters. The van der Waals surface area contributed by atoms with Gasteiger partial charge in [0.1, 0.15) is 23.5 Å². The molecule has 0 saturated heterocycles. The molecule has 1 aromatic carbocycles. The molecule has 31 heavy (non-hydrogen) atoms. The van der Waals surface area contributed by atoms with Crippen molar-refractivity contribution in [2.24, 2.45) is 0 Å². The number of amides is 1. The highest BCUT2D eigenvalue weighted by atomic mass is 16.5. The molecular formula is C24H29NO6. The molecule has 1 aliphatic carbocycles. The molecule has 2 aliphatic rings. The number of rotatable bonds is 5. The van der Waals surface area contributed by atoms with Crippen LogP contribution in [0.3, 0.4) is 0 Å². The van der Waals surface area contributed by atoms with E-state index in [1.54, 1.807) is 0 Å². The van der Waals surface area contributed by atoms with Gasteiger partial charge in [-0.2, -0.15) is 0 Å². The van der Waals surface area contributed by atoms with E-state index in [1.807, 2.05) is 13.0 Å². The average molecular weight is 427 g/mol. The summed E-state index contributed by atoms with van der Waals surface area (Å²) in [5.41, 5.74) is 2.48. The first-order chi connectivity index (χ1) is 14.9. The fraction of sp³-hybridized carbons (Fsp3) is 0.542. The van der Waals surface area contributed by atoms with Gasteiger partial charge in [-0.15, -0.1) is 0 Å². The fourth-order valence-electron chi connectivity index (χ4n) is 4.81. The van der Waals surface area contributed by atoms with Crippen molar-refractivity contribution in [3.63, 3.8) is 0 Å². The lowest BCUT2D eigenvalue weighted by Gasteiger charge is -2.41. The zero-order valence-electron chi connectivity index (χ0n) is 18.2. The maximum absolute atomic E-state index is 12.6. The van der Waals surface area contributed by atoms with Gasteiger partial charge in [-0.1, -0.05) is 6.42 Å². The minimum atomic E-state index is -0.517. The number of aryl methyl sites for hydroxylation is 2. The van der Waals surface area contributed by atoms with E-state index in [1.165, 1.54) is 26.4 Å². The highest BCUT2D eigenvalue weighted by Gasteiger charge is 2.37. The van der Waals surface area contributed by atoms with E-state index in [4.69, 9.17) is 9.15 Å². The number of methoxy groups -OCH3 is 1. The number of fused-ring (bicyclic) bond motifs is 2. The van der Waals surface area contributed by atoms with E-state index in [-0.39, 0.29) is 30.9 Å². The Balaban J connectivity index is 1.55. The Kier molecular flexibility index (Phi) is 6.03. The van der Waals surface area contributed by atoms with Crippen molar-refractivity contribution in [3.05, 3.63) is 39.2 Å². The van der Waals surface area contributed by atoms with Crippen molar-refractivity contribution in [1.29, 1.82) is 0 Å². The summed E-state index contributed by atoms with van der Waals surface area (Å²) in [6.45, 7) is 1.70. The van der Waals surface area contributed by atoms with Crippen LogP contribution >= 0.6 is 0 Å². The molecule has 1 aromatic heterocycles. The second-order valence-corrected chi connectivity index (χ2v) is 8.65. The van der Waals surface area contributed by atoms with E-state index >= 15 is 0 Å². The number of hydrogen-bond donors (Lipinski definition) is 1. The molecule has 1 saturated carbocycles. The van der Waals surface area contributed by atoms with Gasteiger partial charge in [0, 0.05) is 23.4 Å². The first kappa shape index (κ1) is 21.4. The van der Waals surface area contributed by atoms with E-state index in [9.17, 15) is 14.4 Å². The van der Waals surface area contributed by atoms with Gasteiger partial charge in [-0.3, -0.25) is 9.59 Å². The number of hydrogen-bond acceptors (Lipinski definition) is 6. The molecule has 2 aromatic rings. The summed E-state index contributed by atoms with van der Waals surface area (Å²) >= 11 is 0. The Labute approximate surface area is 181 Å². The Morgan fingerprint density at radius 2 is 1.94 bits per heavy atom. The number of esters is 1. The molecular weight excluding hydrogens is 398 g/mol. The Morgan fingerprint density at radius 1 is 1.16 bits per heavy atom. The zero-order valence-corrected chi connectivity index (χ0v) is 18.2. The van der Waals surface area contributed by atoms with Gasteiger partial charge in [0.25, 0.3) is 0 Å². The Hall–Kier alpha value is -2.83. The van der Waals surface area contributed by atoms with Crippen LogP contribution in [0.5, 0.6) is 5.75 Å². The van der Waals surface area contributed by atoms with Gasteiger partial charge in [0.15, 0.2) is 0 Å². The third-order valence-corrected chi connectivity index (χ3v) is 6.67. The van der Waals surface area contributed by atoms with Crippen molar-refractivity contribution in [2.45, 2.75) is 70.3 Å². The number of carbonyl (C=O) groups excluding carboxylic acids is 2. The Bertz CT molecular complexity index is 1060. The van der Waals surface area contributed by atoms with Gasteiger partial charge in [-0.05, 0) is 69.1 Å². The molecule has 2 heterocycles. The van der Waals surface area contributed by atoms with E-state index < -0.39 is 11.6 Å². The van der Waals surface area contributed by atoms with Crippen molar-refractivity contribution < 1.29 is 23.5 Å². The third-order valence-electron chi connectivity index (χ3n) is 6.67. The largest absolute Gasteiger partial charge is 0.487 e. The highest BCUT2D eigenvalue weighted by molar-refractivity contribution is 5.85. The summed E-state index contributed by atoms with van der Waals surface area (Å²) in [4.78, 5) is 35.8. The number of carbonyl (C=O) groups is 2. The normalized spacial score (nSPS) is 17.1. The van der Waals surface area contributed by atoms with Crippen molar-refractivity contribution in [1.82, 2.24) is 5.32 Å². The first-order valence-electron chi connectivity index (χ1n) is 11.0. The Morgan fingerprint density at radius 3 is 2.68 bits per heavy atom. The average Bonchev–Trinajstić information content (AvgIpc) is 2.76. The van der Waals surface area contributed by atoms with Crippen LogP contribution in [0.1, 0.15) is 61.6 Å². The van der Waals surface area contributed by atoms with Gasteiger partial charge in [0.05, 0.1) is 7.11 Å². The number of ether oxygens (including phenoxy) is 2. The number of benzene rings is 1. The van der Waals surface area contributed by atoms with Crippen LogP contribution in [0.2, 0.25) is 0 Å². The van der Waals surface area contributed by atoms with Crippen molar-refractivity contribution >= 4 is 22.8 Å². The maximum Gasteiger partial charge on any atom is 0.339 e. The molecule has 0 bridgehead atoms. The SMILES string of the molecule is COC(=O)CNC(=O)CCc1c(C)c2cc3c(cc2oc1=O)OC1(CCCCC1)CC3. The zero-order chi connectivity index (χ0) is 22.0. The van der Waals surface area contributed by atoms with Crippen molar-refractivity contribution in [3.8, 4) is 5.75 Å². The minimum Gasteiger partial charge on any atom is -0.487 e. The van der Waals surface area contributed by atoms with E-state index in [0.29, 0.717) is 11.1 Å². The predicted molar refractivity (Wildman–Crippen MR) is 115 cm³/mol. The van der Waals surface area contributed by atoms with Gasteiger partial charge in [-0.25, -0.2) is 4.79 Å². The summed E-state index contributed by atoms with van der Waals surface area (Å²) in [5, 5.41) is 3.37. The van der Waals surface area contributed by atoms with Crippen LogP contribution in [0.25, 0.3) is 11.0 Å². The lowest BCUT2D eigenvalue weighted by atomic mass is 9.79. The second kappa shape index (κ2) is 8.73. The molecule has 0 unspecified atom stereocenters. The summed E-state index contributed by atoms with van der Waals surface area (Å²) < 4.78 is 16.6. The summed E-state index contributed by atoms with van der Waals surface area (Å²) in [5.74, 6) is -0.00388. The second-order valence-electron chi connectivity index (χ2n) is 8.65. The summed E-state index contributed by atoms with van der Waals surface area (Å²) in [6, 6.07) is 3.93. The standard InChI is InChI=1S/C24H29NO6/c1-15-17(6-7-21(26)25-14-22(27)29-2)23(28)30-20-13-19-16(12-18(15)20)8-11-24(31-19)9-4-3-5-10-24/h12-13H,3-11,14H2,1-2H3,(H,25,26). The maximum atomic E-state index is 12.6. The minimum absolute atomic E-state index is 0.0637. The van der Waals surface area contributed by atoms with Crippen LogP contribution in [-0.2, 0) is 27.2 Å². The van der Waals surface area contributed by atoms with Crippen LogP contribution in [0, 0.1) is 6.92 Å². The van der Waals surface area contributed by atoms with E-state index in [0.717, 1.165) is 47.9 Å². The summed E-state index contributed by atoms with van der Waals surface area (Å²) in [7, 11) is 1.26. The van der Waals surface area contributed by atoms with E-state index in [2.05, 4.69) is 16.1 Å². The lowest BCUT2D eigenvalue weighted by molar-refractivity contribution is -0.141. The topological polar surface area (TPSA) is 94.8 Å². The fourth-order valence-corrected chi connectivity index (χ4v) is 4.81. The quantitative estimate of drug-likeness (QED) is 0.581. The molecule has 4 rings (SSSR count). The van der Waals surface area contributed by atoms with Crippen LogP contribution in [0.15, 0.2) is 21.3 Å². The van der Waals surface area contributed by atoms with Crippen LogP contribution in [-0.4, -0.2) is 31.1 Å². The predicted octanol–water partition coefficient (Wildman–Crippen LogP) is 3.35. The molecule has 1 N–H and O–H groups in total. The molecule has 7 nitrogen and oxygen atoms in total.